The summed E-state index contributed by atoms with van der Waals surface area (Å²) in [6, 6.07) is 5.49. The third-order valence-electron chi connectivity index (χ3n) is 2.62. The Morgan fingerprint density at radius 3 is 1.96 bits per heavy atom. The molecule has 0 fully saturated rings. The zero-order chi connectivity index (χ0) is 15.8. The van der Waals surface area contributed by atoms with Crippen LogP contribution in [0.15, 0.2) is 45.1 Å². The first-order valence-corrected chi connectivity index (χ1v) is 8.43. The molecule has 0 atom stereocenters. The molecule has 0 radical (unpaired) electrons. The van der Waals surface area contributed by atoms with Crippen molar-refractivity contribution in [3.8, 4) is 0 Å². The van der Waals surface area contributed by atoms with Crippen LogP contribution in [-0.4, -0.2) is 31.1 Å². The molecule has 0 N–H and O–H groups in total. The summed E-state index contributed by atoms with van der Waals surface area (Å²) in [5, 5.41) is 1.58. The van der Waals surface area contributed by atoms with Crippen LogP contribution in [0.5, 0.6) is 0 Å². The van der Waals surface area contributed by atoms with E-state index < -0.39 is 30.0 Å². The van der Waals surface area contributed by atoms with Crippen LogP contribution < -0.4 is 59.1 Å². The van der Waals surface area contributed by atoms with Crippen molar-refractivity contribution in [1.29, 1.82) is 0 Å². The number of aliphatic imine (C=N–C) groups is 1. The molecule has 0 bridgehead atoms. The van der Waals surface area contributed by atoms with Crippen molar-refractivity contribution >= 4 is 54.1 Å². The molecule has 0 heterocycles. The maximum atomic E-state index is 11.3. The van der Waals surface area contributed by atoms with Crippen molar-refractivity contribution in [3.05, 3.63) is 30.3 Å². The van der Waals surface area contributed by atoms with E-state index in [9.17, 15) is 25.9 Å². The molecular formula is C11H5NNa2O6S3. The van der Waals surface area contributed by atoms with Gasteiger partial charge in [-0.25, -0.2) is 16.8 Å². The van der Waals surface area contributed by atoms with Gasteiger partial charge in [-0.05, 0) is 30.4 Å². The molecule has 23 heavy (non-hydrogen) atoms. The molecule has 2 aromatic carbocycles. The van der Waals surface area contributed by atoms with Gasteiger partial charge in [0.25, 0.3) is 0 Å². The predicted molar refractivity (Wildman–Crippen MR) is 74.6 cm³/mol. The van der Waals surface area contributed by atoms with Gasteiger partial charge >= 0.3 is 59.1 Å². The fourth-order valence-electron chi connectivity index (χ4n) is 1.85. The Labute approximate surface area is 182 Å². The van der Waals surface area contributed by atoms with Crippen LogP contribution in [0.3, 0.4) is 0 Å². The summed E-state index contributed by atoms with van der Waals surface area (Å²) in [6.07, 6.45) is 0. The van der Waals surface area contributed by atoms with Crippen LogP contribution >= 0.6 is 12.2 Å². The average molecular weight is 389 g/mol. The van der Waals surface area contributed by atoms with E-state index in [1.165, 1.54) is 12.1 Å². The summed E-state index contributed by atoms with van der Waals surface area (Å²) in [5.41, 5.74) is -0.0944. The minimum atomic E-state index is -4.90. The molecule has 7 nitrogen and oxygen atoms in total. The van der Waals surface area contributed by atoms with E-state index >= 15 is 0 Å². The number of rotatable bonds is 3. The number of hydrogen-bond acceptors (Lipinski definition) is 8. The molecule has 110 valence electrons. The van der Waals surface area contributed by atoms with Gasteiger partial charge in [-0.1, -0.05) is 12.1 Å². The first-order chi connectivity index (χ1) is 9.64. The summed E-state index contributed by atoms with van der Waals surface area (Å²) in [6.45, 7) is 0. The van der Waals surface area contributed by atoms with E-state index in [1.807, 2.05) is 5.16 Å². The molecule has 0 unspecified atom stereocenters. The standard InChI is InChI=1S/C11H7NO6S3.2Na/c13-20(14,15)10-3-1-2-8-9(10)4-7(12-6-19)5-11(8)21(16,17)18;;/h1-5H,(H,13,14,15)(H,16,17,18);;/q;2*+1/p-2. The number of thiocarbonyl (C=S) groups is 1. The van der Waals surface area contributed by atoms with Gasteiger partial charge in [0, 0.05) is 10.8 Å². The van der Waals surface area contributed by atoms with Gasteiger partial charge < -0.3 is 9.11 Å². The minimum absolute atomic E-state index is 0. The molecule has 12 heteroatoms. The Balaban J connectivity index is 0.00000242. The first-order valence-electron chi connectivity index (χ1n) is 5.21. The molecule has 0 saturated carbocycles. The summed E-state index contributed by atoms with van der Waals surface area (Å²) >= 11 is 4.38. The van der Waals surface area contributed by atoms with E-state index in [1.54, 1.807) is 0 Å². The van der Waals surface area contributed by atoms with Gasteiger partial charge in [0.05, 0.1) is 20.6 Å². The second-order valence-electron chi connectivity index (χ2n) is 3.91. The molecular weight excluding hydrogens is 384 g/mol. The predicted octanol–water partition coefficient (Wildman–Crippen LogP) is -4.61. The van der Waals surface area contributed by atoms with Gasteiger partial charge in [-0.15, -0.1) is 0 Å². The Hall–Kier alpha value is 0.320. The molecule has 2 aromatic rings. The third kappa shape index (κ3) is 5.40. The van der Waals surface area contributed by atoms with Crippen LogP contribution in [0.4, 0.5) is 5.69 Å². The zero-order valence-electron chi connectivity index (χ0n) is 12.0. The summed E-state index contributed by atoms with van der Waals surface area (Å²) in [5.74, 6) is 0. The third-order valence-corrected chi connectivity index (χ3v) is 4.48. The quantitative estimate of drug-likeness (QED) is 0.224. The zero-order valence-corrected chi connectivity index (χ0v) is 18.5. The monoisotopic (exact) mass is 389 g/mol. The molecule has 0 aromatic heterocycles. The molecule has 0 spiro atoms. The molecule has 2 rings (SSSR count). The van der Waals surface area contributed by atoms with E-state index in [4.69, 9.17) is 0 Å². The fourth-order valence-corrected chi connectivity index (χ4v) is 3.35. The average Bonchev–Trinajstić information content (AvgIpc) is 2.35. The van der Waals surface area contributed by atoms with E-state index in [-0.39, 0.29) is 75.6 Å². The van der Waals surface area contributed by atoms with E-state index in [0.29, 0.717) is 0 Å². The van der Waals surface area contributed by atoms with Crippen LogP contribution in [0, 0.1) is 0 Å². The molecule has 0 amide bonds. The molecule has 0 aliphatic rings. The van der Waals surface area contributed by atoms with Crippen molar-refractivity contribution in [2.45, 2.75) is 9.79 Å². The Morgan fingerprint density at radius 2 is 1.48 bits per heavy atom. The molecule has 0 saturated heterocycles. The second kappa shape index (κ2) is 8.61. The van der Waals surface area contributed by atoms with Crippen LogP contribution in [-0.2, 0) is 20.2 Å². The molecule has 0 aliphatic heterocycles. The number of fused-ring (bicyclic) bond motifs is 1. The fraction of sp³-hybridized carbons (Fsp3) is 0. The Bertz CT molecular complexity index is 998. The maximum Gasteiger partial charge on any atom is 1.00 e. The van der Waals surface area contributed by atoms with Gasteiger partial charge in [0.1, 0.15) is 20.2 Å². The van der Waals surface area contributed by atoms with Crippen LogP contribution in [0.2, 0.25) is 0 Å². The normalized spacial score (nSPS) is 11.0. The number of benzene rings is 2. The summed E-state index contributed by atoms with van der Waals surface area (Å²) in [4.78, 5) is 2.19. The van der Waals surface area contributed by atoms with Crippen molar-refractivity contribution in [1.82, 2.24) is 0 Å². The largest absolute Gasteiger partial charge is 1.00 e. The number of isothiocyanates is 1. The number of hydrogen-bond donors (Lipinski definition) is 0. The smallest absolute Gasteiger partial charge is 0.744 e. The Morgan fingerprint density at radius 1 is 0.913 bits per heavy atom. The van der Waals surface area contributed by atoms with Crippen LogP contribution in [0.25, 0.3) is 10.8 Å². The van der Waals surface area contributed by atoms with Crippen molar-refractivity contribution in [3.63, 3.8) is 0 Å². The number of nitrogens with zero attached hydrogens (tertiary/aromatic N) is 1. The van der Waals surface area contributed by atoms with Gasteiger partial charge in [0.15, 0.2) is 0 Å². The van der Waals surface area contributed by atoms with Crippen molar-refractivity contribution in [2.75, 3.05) is 0 Å². The summed E-state index contributed by atoms with van der Waals surface area (Å²) < 4.78 is 67.6. The summed E-state index contributed by atoms with van der Waals surface area (Å²) in [7, 11) is -9.76. The van der Waals surface area contributed by atoms with E-state index in [2.05, 4.69) is 17.2 Å². The SMILES string of the molecule is O=S(=O)([O-])c1cc(N=C=S)cc2c(S(=O)(=O)[O-])cccc12.[Na+].[Na+]. The first kappa shape index (κ1) is 23.3. The Kier molecular flexibility index (Phi) is 8.73. The molecule has 0 aliphatic carbocycles. The second-order valence-corrected chi connectivity index (χ2v) is 6.79. The van der Waals surface area contributed by atoms with Crippen molar-refractivity contribution < 1.29 is 85.1 Å². The minimum Gasteiger partial charge on any atom is -0.744 e. The topological polar surface area (TPSA) is 127 Å². The van der Waals surface area contributed by atoms with E-state index in [0.717, 1.165) is 18.2 Å². The van der Waals surface area contributed by atoms with Gasteiger partial charge in [0.2, 0.25) is 0 Å². The van der Waals surface area contributed by atoms with Crippen molar-refractivity contribution in [2.24, 2.45) is 4.99 Å². The maximum absolute atomic E-state index is 11.3. The van der Waals surface area contributed by atoms with Crippen LogP contribution in [0.1, 0.15) is 0 Å². The van der Waals surface area contributed by atoms with Gasteiger partial charge in [-0.3, -0.25) is 0 Å². The van der Waals surface area contributed by atoms with Gasteiger partial charge in [-0.2, -0.15) is 4.99 Å².